The third-order valence-corrected chi connectivity index (χ3v) is 12.5. The molecule has 1 nitrogen and oxygen atoms in total. The summed E-state index contributed by atoms with van der Waals surface area (Å²) in [4.78, 5) is 2.38. The van der Waals surface area contributed by atoms with Crippen LogP contribution in [-0.4, -0.2) is 0 Å². The summed E-state index contributed by atoms with van der Waals surface area (Å²) < 4.78 is 0. The Bertz CT molecular complexity index is 3110. The normalized spacial score (nSPS) is 13.1. The number of nitrogens with zero attached hydrogens (tertiary/aromatic N) is 1. The first kappa shape index (κ1) is 31.2. The van der Waals surface area contributed by atoms with Crippen LogP contribution in [0, 0.1) is 0 Å². The van der Waals surface area contributed by atoms with Crippen molar-refractivity contribution in [1.29, 1.82) is 0 Å². The molecule has 0 unspecified atom stereocenters. The molecule has 260 valence electrons. The molecular weight excluding hydrogens is 675 g/mol. The fraction of sp³-hybridized carbons (Fsp3) is 0.0182. The highest BCUT2D eigenvalue weighted by atomic mass is 15.1. The molecule has 12 rings (SSSR count). The Morgan fingerprint density at radius 3 is 1.25 bits per heavy atom. The van der Waals surface area contributed by atoms with Gasteiger partial charge in [-0.15, -0.1) is 0 Å². The van der Waals surface area contributed by atoms with Crippen molar-refractivity contribution in [3.05, 3.63) is 235 Å². The van der Waals surface area contributed by atoms with Gasteiger partial charge in [0.1, 0.15) is 0 Å². The summed E-state index contributed by atoms with van der Waals surface area (Å²) in [6, 6.07) is 78.6. The van der Waals surface area contributed by atoms with Crippen LogP contribution in [0.15, 0.2) is 212 Å². The second-order valence-electron chi connectivity index (χ2n) is 15.2. The molecule has 1 heteroatoms. The fourth-order valence-corrected chi connectivity index (χ4v) is 10.1. The highest BCUT2D eigenvalue weighted by Gasteiger charge is 2.51. The minimum Gasteiger partial charge on any atom is -0.310 e. The zero-order chi connectivity index (χ0) is 36.8. The van der Waals surface area contributed by atoms with Crippen molar-refractivity contribution in [2.75, 3.05) is 4.90 Å². The lowest BCUT2D eigenvalue weighted by Crippen LogP contribution is -2.25. The summed E-state index contributed by atoms with van der Waals surface area (Å²) in [5.41, 5.74) is 16.3. The topological polar surface area (TPSA) is 3.24 Å². The van der Waals surface area contributed by atoms with E-state index in [4.69, 9.17) is 0 Å². The number of fused-ring (bicyclic) bond motifs is 16. The second-order valence-corrected chi connectivity index (χ2v) is 15.2. The van der Waals surface area contributed by atoms with Gasteiger partial charge < -0.3 is 4.90 Å². The molecule has 2 aliphatic carbocycles. The average molecular weight is 710 g/mol. The maximum atomic E-state index is 2.43. The third kappa shape index (κ3) is 4.26. The van der Waals surface area contributed by atoms with Gasteiger partial charge in [-0.3, -0.25) is 0 Å². The first-order valence-electron chi connectivity index (χ1n) is 19.5. The average Bonchev–Trinajstić information content (AvgIpc) is 3.74. The van der Waals surface area contributed by atoms with E-state index >= 15 is 0 Å². The van der Waals surface area contributed by atoms with Crippen molar-refractivity contribution >= 4 is 49.4 Å². The van der Waals surface area contributed by atoms with E-state index in [1.807, 2.05) is 0 Å². The van der Waals surface area contributed by atoms with Crippen molar-refractivity contribution in [3.63, 3.8) is 0 Å². The van der Waals surface area contributed by atoms with Crippen LogP contribution in [0.5, 0.6) is 0 Å². The fourth-order valence-electron chi connectivity index (χ4n) is 10.1. The number of anilines is 3. The van der Waals surface area contributed by atoms with Crippen LogP contribution in [0.3, 0.4) is 0 Å². The Morgan fingerprint density at radius 1 is 0.250 bits per heavy atom. The molecule has 0 fully saturated rings. The smallest absolute Gasteiger partial charge is 0.0725 e. The lowest BCUT2D eigenvalue weighted by atomic mass is 9.70. The summed E-state index contributed by atoms with van der Waals surface area (Å²) in [7, 11) is 0. The molecule has 0 amide bonds. The molecule has 0 N–H and O–H groups in total. The number of para-hydroxylation sites is 1. The molecule has 0 saturated heterocycles. The predicted octanol–water partition coefficient (Wildman–Crippen LogP) is 14.6. The largest absolute Gasteiger partial charge is 0.310 e. The molecule has 10 aromatic carbocycles. The van der Waals surface area contributed by atoms with Gasteiger partial charge in [0.15, 0.2) is 0 Å². The Morgan fingerprint density at radius 2 is 0.661 bits per heavy atom. The quantitative estimate of drug-likeness (QED) is 0.164. The van der Waals surface area contributed by atoms with Crippen LogP contribution in [0.1, 0.15) is 22.3 Å². The van der Waals surface area contributed by atoms with Gasteiger partial charge >= 0.3 is 0 Å². The summed E-state index contributed by atoms with van der Waals surface area (Å²) in [6.45, 7) is 0. The van der Waals surface area contributed by atoms with E-state index in [9.17, 15) is 0 Å². The lowest BCUT2D eigenvalue weighted by Gasteiger charge is -2.30. The lowest BCUT2D eigenvalue weighted by molar-refractivity contribution is 0.794. The van der Waals surface area contributed by atoms with E-state index in [0.717, 1.165) is 17.1 Å². The minimum absolute atomic E-state index is 0.324. The number of benzene rings is 10. The summed E-state index contributed by atoms with van der Waals surface area (Å²) >= 11 is 0. The molecule has 0 aliphatic heterocycles. The zero-order valence-corrected chi connectivity index (χ0v) is 30.7. The van der Waals surface area contributed by atoms with E-state index in [0.29, 0.717) is 0 Å². The van der Waals surface area contributed by atoms with Gasteiger partial charge in [-0.25, -0.2) is 0 Å². The summed E-state index contributed by atoms with van der Waals surface area (Å²) in [6.07, 6.45) is 0. The van der Waals surface area contributed by atoms with Crippen molar-refractivity contribution in [3.8, 4) is 33.4 Å². The third-order valence-electron chi connectivity index (χ3n) is 12.5. The summed E-state index contributed by atoms with van der Waals surface area (Å²) in [5, 5.41) is 7.67. The van der Waals surface area contributed by atoms with Gasteiger partial charge in [0, 0.05) is 17.1 Å². The predicted molar refractivity (Wildman–Crippen MR) is 235 cm³/mol. The van der Waals surface area contributed by atoms with Crippen LogP contribution in [-0.2, 0) is 5.41 Å². The van der Waals surface area contributed by atoms with Crippen LogP contribution in [0.4, 0.5) is 17.1 Å². The molecule has 0 heterocycles. The molecule has 0 radical (unpaired) electrons. The van der Waals surface area contributed by atoms with Gasteiger partial charge in [0.25, 0.3) is 0 Å². The van der Waals surface area contributed by atoms with Gasteiger partial charge in [0.05, 0.1) is 5.41 Å². The molecule has 10 aromatic rings. The van der Waals surface area contributed by atoms with Crippen LogP contribution < -0.4 is 4.90 Å². The standard InChI is InChI=1S/C55H35N/c1-2-14-38(15-3-1)56(40-31-32-45-43-18-5-4-16-41(43)42-17-6-7-19-44(42)49(45)35-40)39-29-26-36(27-30-39)37-28-33-54-50(34-37)48-22-10-13-25-53(48)55(54)51-23-11-8-20-46(51)47-21-9-12-24-52(47)55/h1-35H. The van der Waals surface area contributed by atoms with E-state index < -0.39 is 0 Å². The highest BCUT2D eigenvalue weighted by molar-refractivity contribution is 6.25. The molecule has 56 heavy (non-hydrogen) atoms. The second kappa shape index (κ2) is 11.9. The molecule has 0 aromatic heterocycles. The minimum atomic E-state index is -0.324. The molecule has 1 spiro atoms. The Balaban J connectivity index is 0.988. The van der Waals surface area contributed by atoms with Crippen molar-refractivity contribution in [2.24, 2.45) is 0 Å². The van der Waals surface area contributed by atoms with Crippen LogP contribution in [0.25, 0.3) is 65.7 Å². The van der Waals surface area contributed by atoms with Gasteiger partial charge in [-0.2, -0.15) is 0 Å². The SMILES string of the molecule is c1ccc(N(c2ccc(-c3ccc4c(c3)-c3ccccc3C43c4ccccc4-c4ccccc43)cc2)c2ccc3c4ccccc4c4ccccc4c3c2)cc1. The molecule has 0 bridgehead atoms. The zero-order valence-electron chi connectivity index (χ0n) is 30.7. The van der Waals surface area contributed by atoms with Crippen molar-refractivity contribution in [1.82, 2.24) is 0 Å². The molecule has 2 aliphatic rings. The van der Waals surface area contributed by atoms with E-state index in [1.54, 1.807) is 0 Å². The van der Waals surface area contributed by atoms with Crippen molar-refractivity contribution in [2.45, 2.75) is 5.41 Å². The number of hydrogen-bond donors (Lipinski definition) is 0. The van der Waals surface area contributed by atoms with Gasteiger partial charge in [-0.05, 0) is 130 Å². The molecule has 0 atom stereocenters. The monoisotopic (exact) mass is 709 g/mol. The number of hydrogen-bond acceptors (Lipinski definition) is 1. The maximum absolute atomic E-state index is 2.43. The van der Waals surface area contributed by atoms with E-state index in [-0.39, 0.29) is 5.41 Å². The Hall–Kier alpha value is -7.22. The molecule has 0 saturated carbocycles. The molecular formula is C55H35N. The van der Waals surface area contributed by atoms with E-state index in [1.165, 1.54) is 88.0 Å². The van der Waals surface area contributed by atoms with Gasteiger partial charge in [-0.1, -0.05) is 170 Å². The van der Waals surface area contributed by atoms with Gasteiger partial charge in [0.2, 0.25) is 0 Å². The van der Waals surface area contributed by atoms with E-state index in [2.05, 4.69) is 217 Å². The van der Waals surface area contributed by atoms with Crippen molar-refractivity contribution < 1.29 is 0 Å². The number of rotatable bonds is 4. The Kier molecular flexibility index (Phi) is 6.62. The first-order chi connectivity index (χ1) is 27.8. The summed E-state index contributed by atoms with van der Waals surface area (Å²) in [5.74, 6) is 0. The Labute approximate surface area is 326 Å². The van der Waals surface area contributed by atoms with Crippen LogP contribution >= 0.6 is 0 Å². The van der Waals surface area contributed by atoms with Crippen LogP contribution in [0.2, 0.25) is 0 Å². The highest BCUT2D eigenvalue weighted by Crippen LogP contribution is 2.63. The maximum Gasteiger partial charge on any atom is 0.0725 e. The first-order valence-corrected chi connectivity index (χ1v) is 19.5.